The Kier molecular flexibility index (Phi) is 1.79. The van der Waals surface area contributed by atoms with E-state index in [0.717, 1.165) is 17.8 Å². The fraction of sp³-hybridized carbons (Fsp3) is 0.867. The second kappa shape index (κ2) is 2.70. The zero-order valence-electron chi connectivity index (χ0n) is 10.5. The molecule has 84 valence electrons. The standard InChI is InChI=1S/C15H24/c1-10-11-6-7-12-13(10)14(2,3)8-5-9-15(11,12)4/h11-13H,1,5-9H2,2-4H3/t11-,12+,13-,15+/m1/s1. The Morgan fingerprint density at radius 3 is 2.60 bits per heavy atom. The number of rotatable bonds is 0. The molecular weight excluding hydrogens is 180 g/mol. The van der Waals surface area contributed by atoms with Gasteiger partial charge in [0.2, 0.25) is 0 Å². The topological polar surface area (TPSA) is 0 Å². The molecule has 0 aromatic rings. The van der Waals surface area contributed by atoms with Crippen LogP contribution in [0.2, 0.25) is 0 Å². The van der Waals surface area contributed by atoms with Crippen LogP contribution in [0.5, 0.6) is 0 Å². The van der Waals surface area contributed by atoms with Gasteiger partial charge in [0.1, 0.15) is 0 Å². The number of hydrogen-bond acceptors (Lipinski definition) is 0. The first-order chi connectivity index (χ1) is 6.97. The summed E-state index contributed by atoms with van der Waals surface area (Å²) in [7, 11) is 0. The van der Waals surface area contributed by atoms with Crippen molar-refractivity contribution in [2.24, 2.45) is 28.6 Å². The van der Waals surface area contributed by atoms with Crippen molar-refractivity contribution < 1.29 is 0 Å². The minimum atomic E-state index is 0.522. The van der Waals surface area contributed by atoms with E-state index in [2.05, 4.69) is 27.4 Å². The van der Waals surface area contributed by atoms with Gasteiger partial charge in [0.15, 0.2) is 0 Å². The Morgan fingerprint density at radius 1 is 1.13 bits per heavy atom. The second-order valence-electron chi connectivity index (χ2n) is 7.14. The highest BCUT2D eigenvalue weighted by atomic mass is 14.7. The van der Waals surface area contributed by atoms with Crippen molar-refractivity contribution in [2.75, 3.05) is 0 Å². The Hall–Kier alpha value is -0.260. The quantitative estimate of drug-likeness (QED) is 0.513. The minimum absolute atomic E-state index is 0.522. The third-order valence-electron chi connectivity index (χ3n) is 6.04. The van der Waals surface area contributed by atoms with Crippen LogP contribution in [0.1, 0.15) is 52.9 Å². The predicted molar refractivity (Wildman–Crippen MR) is 64.6 cm³/mol. The van der Waals surface area contributed by atoms with Crippen LogP contribution in [0.15, 0.2) is 12.2 Å². The van der Waals surface area contributed by atoms with E-state index >= 15 is 0 Å². The molecule has 0 nitrogen and oxygen atoms in total. The first-order valence-corrected chi connectivity index (χ1v) is 6.65. The van der Waals surface area contributed by atoms with Gasteiger partial charge in [0.05, 0.1) is 0 Å². The van der Waals surface area contributed by atoms with E-state index in [4.69, 9.17) is 0 Å². The van der Waals surface area contributed by atoms with Crippen LogP contribution in [-0.4, -0.2) is 0 Å². The highest BCUT2D eigenvalue weighted by molar-refractivity contribution is 5.28. The molecule has 0 saturated heterocycles. The minimum Gasteiger partial charge on any atom is -0.0992 e. The van der Waals surface area contributed by atoms with Crippen LogP contribution in [0.3, 0.4) is 0 Å². The molecule has 0 unspecified atom stereocenters. The van der Waals surface area contributed by atoms with Crippen molar-refractivity contribution in [3.63, 3.8) is 0 Å². The lowest BCUT2D eigenvalue weighted by molar-refractivity contribution is 0.153. The van der Waals surface area contributed by atoms with Gasteiger partial charge in [-0.25, -0.2) is 0 Å². The van der Waals surface area contributed by atoms with E-state index in [9.17, 15) is 0 Å². The normalized spacial score (nSPS) is 51.9. The van der Waals surface area contributed by atoms with Crippen LogP contribution >= 0.6 is 0 Å². The summed E-state index contributed by atoms with van der Waals surface area (Å²) in [5.74, 6) is 2.67. The fourth-order valence-electron chi connectivity index (χ4n) is 5.38. The molecule has 3 fully saturated rings. The largest absolute Gasteiger partial charge is 0.0992 e. The van der Waals surface area contributed by atoms with Crippen LogP contribution in [0, 0.1) is 28.6 Å². The second-order valence-corrected chi connectivity index (χ2v) is 7.14. The van der Waals surface area contributed by atoms with Gasteiger partial charge in [-0.1, -0.05) is 39.3 Å². The van der Waals surface area contributed by atoms with Gasteiger partial charge in [-0.15, -0.1) is 0 Å². The van der Waals surface area contributed by atoms with E-state index in [-0.39, 0.29) is 0 Å². The van der Waals surface area contributed by atoms with E-state index in [0.29, 0.717) is 10.8 Å². The van der Waals surface area contributed by atoms with Crippen LogP contribution in [-0.2, 0) is 0 Å². The summed E-state index contributed by atoms with van der Waals surface area (Å²) in [6, 6.07) is 0. The number of allylic oxidation sites excluding steroid dienone is 1. The lowest BCUT2D eigenvalue weighted by Gasteiger charge is -2.38. The molecule has 3 rings (SSSR count). The molecule has 3 saturated carbocycles. The van der Waals surface area contributed by atoms with E-state index in [1.165, 1.54) is 32.1 Å². The van der Waals surface area contributed by atoms with Gasteiger partial charge in [0, 0.05) is 0 Å². The monoisotopic (exact) mass is 204 g/mol. The molecule has 0 aromatic carbocycles. The van der Waals surface area contributed by atoms with E-state index in [1.807, 2.05) is 0 Å². The molecule has 4 bridgehead atoms. The number of hydrogen-bond donors (Lipinski definition) is 0. The molecule has 0 aromatic heterocycles. The zero-order chi connectivity index (χ0) is 10.8. The first kappa shape index (κ1) is 9.93. The Balaban J connectivity index is 2.10. The van der Waals surface area contributed by atoms with Crippen LogP contribution in [0.25, 0.3) is 0 Å². The summed E-state index contributed by atoms with van der Waals surface area (Å²) in [5.41, 5.74) is 2.78. The molecule has 0 spiro atoms. The highest BCUT2D eigenvalue weighted by Crippen LogP contribution is 2.70. The maximum atomic E-state index is 4.46. The van der Waals surface area contributed by atoms with Gasteiger partial charge in [0.25, 0.3) is 0 Å². The van der Waals surface area contributed by atoms with E-state index < -0.39 is 0 Å². The van der Waals surface area contributed by atoms with Gasteiger partial charge >= 0.3 is 0 Å². The van der Waals surface area contributed by atoms with Gasteiger partial charge in [-0.3, -0.25) is 0 Å². The Bertz CT molecular complexity index is 312. The lowest BCUT2D eigenvalue weighted by Crippen LogP contribution is -2.29. The summed E-state index contributed by atoms with van der Waals surface area (Å²) in [6.07, 6.45) is 7.23. The lowest BCUT2D eigenvalue weighted by atomic mass is 9.67. The molecule has 0 heteroatoms. The van der Waals surface area contributed by atoms with Crippen molar-refractivity contribution in [1.82, 2.24) is 0 Å². The molecule has 3 aliphatic carbocycles. The predicted octanol–water partition coefficient (Wildman–Crippen LogP) is 4.42. The van der Waals surface area contributed by atoms with Crippen molar-refractivity contribution >= 4 is 0 Å². The molecule has 0 aliphatic heterocycles. The summed E-state index contributed by atoms with van der Waals surface area (Å²) in [6.45, 7) is 12.0. The van der Waals surface area contributed by atoms with Crippen molar-refractivity contribution in [1.29, 1.82) is 0 Å². The average molecular weight is 204 g/mol. The van der Waals surface area contributed by atoms with E-state index in [1.54, 1.807) is 5.57 Å². The van der Waals surface area contributed by atoms with Gasteiger partial charge < -0.3 is 0 Å². The Morgan fingerprint density at radius 2 is 1.87 bits per heavy atom. The first-order valence-electron chi connectivity index (χ1n) is 6.65. The maximum absolute atomic E-state index is 4.46. The van der Waals surface area contributed by atoms with Crippen molar-refractivity contribution in [3.8, 4) is 0 Å². The average Bonchev–Trinajstić information content (AvgIpc) is 2.50. The summed E-state index contributed by atoms with van der Waals surface area (Å²) in [5, 5.41) is 0. The summed E-state index contributed by atoms with van der Waals surface area (Å²) < 4.78 is 0. The molecule has 3 aliphatic rings. The third-order valence-corrected chi connectivity index (χ3v) is 6.04. The molecule has 0 radical (unpaired) electrons. The summed E-state index contributed by atoms with van der Waals surface area (Å²) >= 11 is 0. The van der Waals surface area contributed by atoms with Crippen molar-refractivity contribution in [2.45, 2.75) is 52.9 Å². The molecule has 15 heavy (non-hydrogen) atoms. The van der Waals surface area contributed by atoms with Gasteiger partial charge in [-0.2, -0.15) is 0 Å². The summed E-state index contributed by atoms with van der Waals surface area (Å²) in [4.78, 5) is 0. The highest BCUT2D eigenvalue weighted by Gasteiger charge is 2.61. The molecule has 4 atom stereocenters. The SMILES string of the molecule is C=C1[C@@H]2[C@@H]3CC[C@H]1[C@]3(C)CCCC2(C)C. The third kappa shape index (κ3) is 1.04. The molecule has 0 amide bonds. The Labute approximate surface area is 94.1 Å². The van der Waals surface area contributed by atoms with Gasteiger partial charge in [-0.05, 0) is 54.3 Å². The van der Waals surface area contributed by atoms with Crippen molar-refractivity contribution in [3.05, 3.63) is 12.2 Å². The molecule has 0 heterocycles. The zero-order valence-corrected chi connectivity index (χ0v) is 10.5. The fourth-order valence-corrected chi connectivity index (χ4v) is 5.38. The maximum Gasteiger partial charge on any atom is -0.0118 e. The smallest absolute Gasteiger partial charge is 0.0118 e. The van der Waals surface area contributed by atoms with Crippen LogP contribution < -0.4 is 0 Å². The van der Waals surface area contributed by atoms with Crippen LogP contribution in [0.4, 0.5) is 0 Å². The molecular formula is C15H24. The molecule has 0 N–H and O–H groups in total.